The zero-order valence-corrected chi connectivity index (χ0v) is 9.96. The van der Waals surface area contributed by atoms with Gasteiger partial charge in [0, 0.05) is 18.7 Å². The van der Waals surface area contributed by atoms with Gasteiger partial charge in [0.25, 0.3) is 0 Å². The van der Waals surface area contributed by atoms with Crippen molar-refractivity contribution in [3.05, 3.63) is 0 Å². The zero-order valence-electron chi connectivity index (χ0n) is 9.96. The van der Waals surface area contributed by atoms with Crippen molar-refractivity contribution in [2.45, 2.75) is 38.8 Å². The number of nitrogens with one attached hydrogen (secondary N) is 2. The van der Waals surface area contributed by atoms with Crippen LogP contribution in [0.25, 0.3) is 0 Å². The predicted octanol–water partition coefficient (Wildman–Crippen LogP) is 0.999. The minimum atomic E-state index is 0.611. The number of ether oxygens (including phenoxy) is 1. The first kappa shape index (κ1) is 11.4. The number of hydrogen-bond donors (Lipinski definition) is 2. The van der Waals surface area contributed by atoms with Crippen LogP contribution in [0.15, 0.2) is 0 Å². The summed E-state index contributed by atoms with van der Waals surface area (Å²) in [6.07, 6.45) is 2.55. The summed E-state index contributed by atoms with van der Waals surface area (Å²) in [7, 11) is 0. The Morgan fingerprint density at radius 1 is 1.47 bits per heavy atom. The Labute approximate surface area is 93.0 Å². The normalized spacial score (nSPS) is 38.4. The smallest absolute Gasteiger partial charge is 0.0509 e. The molecule has 4 unspecified atom stereocenters. The molecular formula is C12H24N2O. The van der Waals surface area contributed by atoms with E-state index in [0.29, 0.717) is 12.1 Å². The molecule has 4 atom stereocenters. The van der Waals surface area contributed by atoms with E-state index in [1.807, 2.05) is 0 Å². The third-order valence-corrected chi connectivity index (χ3v) is 4.06. The first-order valence-electron chi connectivity index (χ1n) is 6.32. The third kappa shape index (κ3) is 2.92. The molecule has 0 aromatic rings. The molecule has 0 radical (unpaired) electrons. The highest BCUT2D eigenvalue weighted by molar-refractivity contribution is 4.84. The quantitative estimate of drug-likeness (QED) is 0.729. The van der Waals surface area contributed by atoms with E-state index in [1.54, 1.807) is 0 Å². The topological polar surface area (TPSA) is 33.3 Å². The van der Waals surface area contributed by atoms with Crippen molar-refractivity contribution in [1.82, 2.24) is 10.6 Å². The summed E-state index contributed by atoms with van der Waals surface area (Å²) in [5.41, 5.74) is 0. The molecule has 2 aliphatic heterocycles. The van der Waals surface area contributed by atoms with Gasteiger partial charge in [-0.05, 0) is 51.6 Å². The lowest BCUT2D eigenvalue weighted by molar-refractivity contribution is 0.177. The van der Waals surface area contributed by atoms with Gasteiger partial charge >= 0.3 is 0 Å². The van der Waals surface area contributed by atoms with Gasteiger partial charge in [0.2, 0.25) is 0 Å². The Hall–Kier alpha value is -0.120. The minimum absolute atomic E-state index is 0.611. The van der Waals surface area contributed by atoms with Crippen LogP contribution in [0.5, 0.6) is 0 Å². The van der Waals surface area contributed by atoms with Crippen LogP contribution in [-0.4, -0.2) is 38.4 Å². The minimum Gasteiger partial charge on any atom is -0.381 e. The average molecular weight is 212 g/mol. The van der Waals surface area contributed by atoms with Crippen molar-refractivity contribution >= 4 is 0 Å². The maximum atomic E-state index is 5.42. The fourth-order valence-electron chi connectivity index (χ4n) is 2.64. The Morgan fingerprint density at radius 2 is 2.33 bits per heavy atom. The van der Waals surface area contributed by atoms with Gasteiger partial charge < -0.3 is 15.4 Å². The fourth-order valence-corrected chi connectivity index (χ4v) is 2.64. The molecule has 0 bridgehead atoms. The van der Waals surface area contributed by atoms with Crippen molar-refractivity contribution in [2.75, 3.05) is 26.3 Å². The second kappa shape index (κ2) is 5.28. The van der Waals surface area contributed by atoms with E-state index in [9.17, 15) is 0 Å². The SMILES string of the molecule is CC1NCCC1CNC(C)C1CCOC1. The summed E-state index contributed by atoms with van der Waals surface area (Å²) < 4.78 is 5.42. The molecule has 2 aliphatic rings. The summed E-state index contributed by atoms with van der Waals surface area (Å²) >= 11 is 0. The van der Waals surface area contributed by atoms with Gasteiger partial charge in [-0.1, -0.05) is 0 Å². The molecule has 0 aromatic heterocycles. The van der Waals surface area contributed by atoms with Crippen molar-refractivity contribution in [3.8, 4) is 0 Å². The van der Waals surface area contributed by atoms with Crippen LogP contribution in [0.1, 0.15) is 26.7 Å². The van der Waals surface area contributed by atoms with Crippen LogP contribution < -0.4 is 10.6 Å². The maximum absolute atomic E-state index is 5.42. The molecule has 0 spiro atoms. The van der Waals surface area contributed by atoms with Crippen LogP contribution in [0, 0.1) is 11.8 Å². The molecule has 88 valence electrons. The number of rotatable bonds is 4. The molecule has 15 heavy (non-hydrogen) atoms. The molecule has 2 saturated heterocycles. The highest BCUT2D eigenvalue weighted by Crippen LogP contribution is 2.18. The second-order valence-corrected chi connectivity index (χ2v) is 5.11. The van der Waals surface area contributed by atoms with Gasteiger partial charge in [0.05, 0.1) is 6.61 Å². The van der Waals surface area contributed by atoms with Crippen molar-refractivity contribution in [2.24, 2.45) is 11.8 Å². The van der Waals surface area contributed by atoms with Crippen LogP contribution >= 0.6 is 0 Å². The van der Waals surface area contributed by atoms with E-state index in [1.165, 1.54) is 19.4 Å². The summed E-state index contributed by atoms with van der Waals surface area (Å²) in [5, 5.41) is 7.18. The molecule has 3 nitrogen and oxygen atoms in total. The highest BCUT2D eigenvalue weighted by atomic mass is 16.5. The van der Waals surface area contributed by atoms with Crippen LogP contribution in [0.4, 0.5) is 0 Å². The van der Waals surface area contributed by atoms with E-state index < -0.39 is 0 Å². The molecule has 0 saturated carbocycles. The Kier molecular flexibility index (Phi) is 4.00. The monoisotopic (exact) mass is 212 g/mol. The lowest BCUT2D eigenvalue weighted by Crippen LogP contribution is -2.39. The first-order valence-corrected chi connectivity index (χ1v) is 6.32. The first-order chi connectivity index (χ1) is 7.27. The second-order valence-electron chi connectivity index (χ2n) is 5.11. The van der Waals surface area contributed by atoms with E-state index in [-0.39, 0.29) is 0 Å². The van der Waals surface area contributed by atoms with E-state index in [2.05, 4.69) is 24.5 Å². The molecule has 0 aliphatic carbocycles. The van der Waals surface area contributed by atoms with E-state index in [4.69, 9.17) is 4.74 Å². The van der Waals surface area contributed by atoms with E-state index >= 15 is 0 Å². The Morgan fingerprint density at radius 3 is 2.93 bits per heavy atom. The van der Waals surface area contributed by atoms with Crippen molar-refractivity contribution in [3.63, 3.8) is 0 Å². The highest BCUT2D eigenvalue weighted by Gasteiger charge is 2.26. The molecule has 3 heteroatoms. The molecule has 2 rings (SSSR count). The Bertz CT molecular complexity index is 192. The lowest BCUT2D eigenvalue weighted by Gasteiger charge is -2.23. The maximum Gasteiger partial charge on any atom is 0.0509 e. The van der Waals surface area contributed by atoms with Gasteiger partial charge in [-0.15, -0.1) is 0 Å². The van der Waals surface area contributed by atoms with Crippen LogP contribution in [0.3, 0.4) is 0 Å². The third-order valence-electron chi connectivity index (χ3n) is 4.06. The van der Waals surface area contributed by atoms with Gasteiger partial charge in [0.1, 0.15) is 0 Å². The molecule has 2 N–H and O–H groups in total. The predicted molar refractivity (Wildman–Crippen MR) is 62.0 cm³/mol. The Balaban J connectivity index is 1.67. The van der Waals surface area contributed by atoms with Gasteiger partial charge in [-0.3, -0.25) is 0 Å². The van der Waals surface area contributed by atoms with Gasteiger partial charge in [-0.25, -0.2) is 0 Å². The van der Waals surface area contributed by atoms with Crippen LogP contribution in [0.2, 0.25) is 0 Å². The lowest BCUT2D eigenvalue weighted by atomic mass is 9.98. The van der Waals surface area contributed by atoms with Crippen LogP contribution in [-0.2, 0) is 4.74 Å². The van der Waals surface area contributed by atoms with E-state index in [0.717, 1.165) is 31.6 Å². The molecular weight excluding hydrogens is 188 g/mol. The number of hydrogen-bond acceptors (Lipinski definition) is 3. The largest absolute Gasteiger partial charge is 0.381 e. The standard InChI is InChI=1S/C12H24N2O/c1-9-11(3-5-13-9)7-14-10(2)12-4-6-15-8-12/h9-14H,3-8H2,1-2H3. The summed E-state index contributed by atoms with van der Waals surface area (Å²) in [4.78, 5) is 0. The fraction of sp³-hybridized carbons (Fsp3) is 1.00. The zero-order chi connectivity index (χ0) is 10.7. The van der Waals surface area contributed by atoms with Gasteiger partial charge in [-0.2, -0.15) is 0 Å². The van der Waals surface area contributed by atoms with Crippen molar-refractivity contribution < 1.29 is 4.74 Å². The summed E-state index contributed by atoms with van der Waals surface area (Å²) in [5.74, 6) is 1.55. The summed E-state index contributed by atoms with van der Waals surface area (Å²) in [6, 6.07) is 1.30. The molecule has 2 heterocycles. The average Bonchev–Trinajstić information content (AvgIpc) is 2.85. The van der Waals surface area contributed by atoms with Gasteiger partial charge in [0.15, 0.2) is 0 Å². The molecule has 0 amide bonds. The molecule has 0 aromatic carbocycles. The summed E-state index contributed by atoms with van der Waals surface area (Å²) in [6.45, 7) is 8.85. The molecule has 2 fully saturated rings. The van der Waals surface area contributed by atoms with Crippen molar-refractivity contribution in [1.29, 1.82) is 0 Å².